The van der Waals surface area contributed by atoms with Crippen LogP contribution in [0.1, 0.15) is 105 Å². The molecule has 0 aliphatic heterocycles. The van der Waals surface area contributed by atoms with Crippen molar-refractivity contribution in [1.82, 2.24) is 4.90 Å². The van der Waals surface area contributed by atoms with Crippen LogP contribution in [-0.2, 0) is 17.7 Å². The summed E-state index contributed by atoms with van der Waals surface area (Å²) >= 11 is 0. The van der Waals surface area contributed by atoms with Gasteiger partial charge in [0.05, 0.1) is 30.5 Å². The lowest BCUT2D eigenvalue weighted by Gasteiger charge is -2.30. The first-order valence-corrected chi connectivity index (χ1v) is 22.5. The second-order valence-electron chi connectivity index (χ2n) is 12.6. The highest BCUT2D eigenvalue weighted by molar-refractivity contribution is 6.66. The van der Waals surface area contributed by atoms with Crippen molar-refractivity contribution in [2.24, 2.45) is 0 Å². The van der Waals surface area contributed by atoms with E-state index in [1.807, 2.05) is 27.7 Å². The number of rotatable bonds is 31. The fourth-order valence-corrected chi connectivity index (χ4v) is 10.5. The Morgan fingerprint density at radius 2 is 0.773 bits per heavy atom. The van der Waals surface area contributed by atoms with E-state index in [1.165, 1.54) is 0 Å². The van der Waals surface area contributed by atoms with Crippen LogP contribution >= 0.6 is 0 Å². The van der Waals surface area contributed by atoms with Crippen LogP contribution in [0.4, 0.5) is 0 Å². The predicted molar refractivity (Wildman–Crippen MR) is 182 cm³/mol. The van der Waals surface area contributed by atoms with Crippen LogP contribution in [0.3, 0.4) is 0 Å². The average Bonchev–Trinajstić information content (AvgIpc) is 2.95. The Kier molecular flexibility index (Phi) is 26.1. The van der Waals surface area contributed by atoms with E-state index < -0.39 is 47.6 Å². The van der Waals surface area contributed by atoms with E-state index in [1.54, 1.807) is 6.92 Å². The minimum atomic E-state index is -2.18. The van der Waals surface area contributed by atoms with E-state index in [0.29, 0.717) is 84.2 Å². The molecule has 0 aliphatic carbocycles. The molecule has 44 heavy (non-hydrogen) atoms. The molecule has 0 saturated carbocycles. The number of nitrogens with zero attached hydrogens (tertiary/aromatic N) is 1. The minimum Gasteiger partial charge on any atom is -0.395 e. The quantitative estimate of drug-likeness (QED) is 0.0660. The molecule has 0 spiro atoms. The topological polar surface area (TPSA) is 141 Å². The lowest BCUT2D eigenvalue weighted by Crippen LogP contribution is -2.41. The largest absolute Gasteiger partial charge is 0.395 e. The van der Waals surface area contributed by atoms with Crippen LogP contribution < -0.4 is 0 Å². The summed E-state index contributed by atoms with van der Waals surface area (Å²) in [6, 6.07) is 1.86. The first kappa shape index (κ1) is 44.0. The zero-order valence-electron chi connectivity index (χ0n) is 29.3. The zero-order chi connectivity index (χ0) is 33.4. The Morgan fingerprint density at radius 1 is 0.477 bits per heavy atom. The first-order chi connectivity index (χ1) is 20.8. The van der Waals surface area contributed by atoms with Crippen LogP contribution in [-0.4, -0.2) is 124 Å². The van der Waals surface area contributed by atoms with E-state index in [9.17, 15) is 25.5 Å². The molecule has 0 aromatic carbocycles. The molecule has 12 heteroatoms. The molecule has 266 valence electrons. The van der Waals surface area contributed by atoms with Gasteiger partial charge in [0.15, 0.2) is 0 Å². The smallest absolute Gasteiger partial charge is 0.334 e. The summed E-state index contributed by atoms with van der Waals surface area (Å²) in [5, 5.41) is 50.8. The Bertz CT molecular complexity index is 625. The fraction of sp³-hybridized carbons (Fsp3) is 1.00. The lowest BCUT2D eigenvalue weighted by molar-refractivity contribution is 0.0680. The summed E-state index contributed by atoms with van der Waals surface area (Å²) in [4.78, 5) is 2.42. The molecule has 0 radical (unpaired) electrons. The number of aliphatic hydroxyl groups is 5. The van der Waals surface area contributed by atoms with Gasteiger partial charge < -0.3 is 48.1 Å². The normalized spacial score (nSPS) is 16.3. The van der Waals surface area contributed by atoms with E-state index in [-0.39, 0.29) is 0 Å². The highest BCUT2D eigenvalue weighted by Crippen LogP contribution is 2.20. The van der Waals surface area contributed by atoms with Crippen molar-refractivity contribution in [3.63, 3.8) is 0 Å². The molecular weight excluding hydrogens is 599 g/mol. The van der Waals surface area contributed by atoms with Crippen molar-refractivity contribution in [3.05, 3.63) is 0 Å². The predicted octanol–water partition coefficient (Wildman–Crippen LogP) is 4.69. The molecule has 5 unspecified atom stereocenters. The summed E-state index contributed by atoms with van der Waals surface area (Å²) in [5.41, 5.74) is 0. The first-order valence-electron chi connectivity index (χ1n) is 17.5. The zero-order valence-corrected chi connectivity index (χ0v) is 31.3. The van der Waals surface area contributed by atoms with Crippen LogP contribution in [0, 0.1) is 0 Å². The standard InChI is InChI=1S/C32H71NO9Si2/c1-8-39-43(6,40-9-2)26-12-23-33(24-13-27-44(7,41-10-3)42-11-4)25-22-32(38)21-20-31(37)19-18-30(36)17-16-29(35)15-14-28(5)34/h28-32,34-38H,8-27H2,1-7H3. The molecule has 0 aliphatic rings. The molecule has 5 N–H and O–H groups in total. The molecule has 0 bridgehead atoms. The summed E-state index contributed by atoms with van der Waals surface area (Å²) in [5.74, 6) is 0. The van der Waals surface area contributed by atoms with Gasteiger partial charge in [-0.15, -0.1) is 0 Å². The summed E-state index contributed by atoms with van der Waals surface area (Å²) in [6.07, 6.45) is 3.93. The van der Waals surface area contributed by atoms with Gasteiger partial charge in [0.1, 0.15) is 0 Å². The molecular formula is C32H71NO9Si2. The highest BCUT2D eigenvalue weighted by atomic mass is 28.4. The second kappa shape index (κ2) is 26.0. The third-order valence-corrected chi connectivity index (χ3v) is 14.3. The van der Waals surface area contributed by atoms with Crippen molar-refractivity contribution in [3.8, 4) is 0 Å². The van der Waals surface area contributed by atoms with Crippen LogP contribution in [0.2, 0.25) is 25.2 Å². The van der Waals surface area contributed by atoms with E-state index in [0.717, 1.165) is 44.6 Å². The van der Waals surface area contributed by atoms with Crippen molar-refractivity contribution in [2.45, 2.75) is 161 Å². The summed E-state index contributed by atoms with van der Waals surface area (Å²) < 4.78 is 24.1. The third-order valence-electron chi connectivity index (χ3n) is 8.20. The maximum absolute atomic E-state index is 10.7. The summed E-state index contributed by atoms with van der Waals surface area (Å²) in [6.45, 7) is 19.3. The average molecular weight is 670 g/mol. The van der Waals surface area contributed by atoms with Crippen LogP contribution in [0.5, 0.6) is 0 Å². The van der Waals surface area contributed by atoms with Crippen LogP contribution in [0.15, 0.2) is 0 Å². The van der Waals surface area contributed by atoms with Crippen molar-refractivity contribution < 1.29 is 43.2 Å². The lowest BCUT2D eigenvalue weighted by atomic mass is 9.99. The molecule has 10 nitrogen and oxygen atoms in total. The van der Waals surface area contributed by atoms with Gasteiger partial charge in [0.2, 0.25) is 0 Å². The van der Waals surface area contributed by atoms with Gasteiger partial charge in [-0.05, 0) is 144 Å². The van der Waals surface area contributed by atoms with Crippen molar-refractivity contribution in [1.29, 1.82) is 0 Å². The Hall–Kier alpha value is 0.0338. The molecule has 0 heterocycles. The second-order valence-corrected chi connectivity index (χ2v) is 19.3. The van der Waals surface area contributed by atoms with Gasteiger partial charge in [-0.25, -0.2) is 0 Å². The maximum Gasteiger partial charge on any atom is 0.334 e. The monoisotopic (exact) mass is 669 g/mol. The van der Waals surface area contributed by atoms with Gasteiger partial charge in [0.25, 0.3) is 0 Å². The van der Waals surface area contributed by atoms with Crippen LogP contribution in [0.25, 0.3) is 0 Å². The molecule has 0 fully saturated rings. The van der Waals surface area contributed by atoms with Gasteiger partial charge in [-0.3, -0.25) is 0 Å². The van der Waals surface area contributed by atoms with E-state index in [4.69, 9.17) is 17.7 Å². The number of hydrogen-bond acceptors (Lipinski definition) is 10. The fourth-order valence-electron chi connectivity index (χ4n) is 5.67. The third kappa shape index (κ3) is 23.4. The minimum absolute atomic E-state index is 0.434. The molecule has 0 saturated heterocycles. The highest BCUT2D eigenvalue weighted by Gasteiger charge is 2.32. The Labute approximate surface area is 271 Å². The van der Waals surface area contributed by atoms with Crippen molar-refractivity contribution >= 4 is 17.1 Å². The van der Waals surface area contributed by atoms with Gasteiger partial charge in [-0.1, -0.05) is 0 Å². The van der Waals surface area contributed by atoms with Gasteiger partial charge in [-0.2, -0.15) is 0 Å². The SMILES string of the molecule is CCO[Si](C)(CCCN(CCC[Si](C)(OCC)OCC)CCC(O)CCC(O)CCC(O)CCC(O)CCC(C)O)OCC. The number of hydrogen-bond donors (Lipinski definition) is 5. The van der Waals surface area contributed by atoms with E-state index >= 15 is 0 Å². The molecule has 0 aromatic heterocycles. The Balaban J connectivity index is 4.73. The van der Waals surface area contributed by atoms with Gasteiger partial charge in [0, 0.05) is 33.0 Å². The van der Waals surface area contributed by atoms with Gasteiger partial charge >= 0.3 is 17.1 Å². The maximum atomic E-state index is 10.7. The molecule has 0 aromatic rings. The van der Waals surface area contributed by atoms with E-state index in [2.05, 4.69) is 18.0 Å². The summed E-state index contributed by atoms with van der Waals surface area (Å²) in [7, 11) is -4.36. The number of aliphatic hydroxyl groups excluding tert-OH is 5. The molecule has 0 rings (SSSR count). The molecule has 5 atom stereocenters. The molecule has 0 amide bonds. The van der Waals surface area contributed by atoms with Crippen molar-refractivity contribution in [2.75, 3.05) is 46.1 Å². The Morgan fingerprint density at radius 3 is 1.07 bits per heavy atom.